The lowest BCUT2D eigenvalue weighted by molar-refractivity contribution is -0.139. The quantitative estimate of drug-likeness (QED) is 0.881. The zero-order valence-electron chi connectivity index (χ0n) is 14.4. The Morgan fingerprint density at radius 3 is 2.80 bits per heavy atom. The molecule has 2 unspecified atom stereocenters. The molecular weight excluding hydrogens is 320 g/mol. The highest BCUT2D eigenvalue weighted by atomic mass is 16.5. The third kappa shape index (κ3) is 4.06. The molecule has 0 spiro atoms. The van der Waals surface area contributed by atoms with Gasteiger partial charge in [-0.05, 0) is 5.56 Å². The van der Waals surface area contributed by atoms with Crippen molar-refractivity contribution >= 4 is 11.7 Å². The van der Waals surface area contributed by atoms with Crippen molar-refractivity contribution in [3.63, 3.8) is 0 Å². The number of likely N-dealkylation sites (tertiary alicyclic amines) is 1. The molecule has 2 atom stereocenters. The number of hydrogen-bond acceptors (Lipinski definition) is 6. The van der Waals surface area contributed by atoms with Crippen molar-refractivity contribution < 1.29 is 14.6 Å². The van der Waals surface area contributed by atoms with E-state index in [2.05, 4.69) is 9.97 Å². The summed E-state index contributed by atoms with van der Waals surface area (Å²) in [5.41, 5.74) is 0.599. The molecule has 1 aromatic heterocycles. The molecule has 2 aromatic rings. The van der Waals surface area contributed by atoms with Crippen LogP contribution in [0.3, 0.4) is 0 Å². The Labute approximate surface area is 146 Å². The van der Waals surface area contributed by atoms with Crippen molar-refractivity contribution in [2.75, 3.05) is 32.1 Å². The first-order valence-electron chi connectivity index (χ1n) is 8.22. The van der Waals surface area contributed by atoms with E-state index in [1.807, 2.05) is 25.1 Å². The summed E-state index contributed by atoms with van der Waals surface area (Å²) in [6.45, 7) is 0.977. The summed E-state index contributed by atoms with van der Waals surface area (Å²) in [4.78, 5) is 24.4. The number of aromatic nitrogens is 2. The van der Waals surface area contributed by atoms with Gasteiger partial charge in [0, 0.05) is 27.1 Å². The number of rotatable bonds is 5. The monoisotopic (exact) mass is 342 g/mol. The van der Waals surface area contributed by atoms with Gasteiger partial charge in [-0.2, -0.15) is 4.98 Å². The highest BCUT2D eigenvalue weighted by Crippen LogP contribution is 2.22. The predicted molar refractivity (Wildman–Crippen MR) is 93.4 cm³/mol. The van der Waals surface area contributed by atoms with E-state index >= 15 is 0 Å². The summed E-state index contributed by atoms with van der Waals surface area (Å²) in [6, 6.07) is 8.95. The number of aliphatic hydroxyl groups is 1. The Morgan fingerprint density at radius 2 is 2.08 bits per heavy atom. The van der Waals surface area contributed by atoms with Gasteiger partial charge in [0.25, 0.3) is 5.91 Å². The van der Waals surface area contributed by atoms with Crippen molar-refractivity contribution in [2.45, 2.75) is 18.6 Å². The van der Waals surface area contributed by atoms with E-state index in [4.69, 9.17) is 4.74 Å². The average Bonchev–Trinajstić information content (AvgIpc) is 3.10. The largest absolute Gasteiger partial charge is 0.471 e. The number of aliphatic hydroxyl groups excluding tert-OH is 1. The summed E-state index contributed by atoms with van der Waals surface area (Å²) in [5, 5.41) is 10.3. The zero-order valence-corrected chi connectivity index (χ0v) is 14.4. The maximum absolute atomic E-state index is 12.5. The lowest BCUT2D eigenvalue weighted by atomic mass is 10.1. The van der Waals surface area contributed by atoms with Crippen molar-refractivity contribution in [3.8, 4) is 5.88 Å². The summed E-state index contributed by atoms with van der Waals surface area (Å²) in [5.74, 6) is 0.850. The average molecular weight is 342 g/mol. The topological polar surface area (TPSA) is 78.8 Å². The minimum absolute atomic E-state index is 0.154. The van der Waals surface area contributed by atoms with Crippen LogP contribution >= 0.6 is 0 Å². The minimum atomic E-state index is -1.14. The second kappa shape index (κ2) is 7.48. The molecule has 25 heavy (non-hydrogen) atoms. The molecular formula is C18H22N4O3. The number of ether oxygens (including phenoxy) is 1. The van der Waals surface area contributed by atoms with Crippen molar-refractivity contribution in [3.05, 3.63) is 48.3 Å². The molecule has 1 amide bonds. The predicted octanol–water partition coefficient (Wildman–Crippen LogP) is 1.26. The Bertz CT molecular complexity index is 723. The van der Waals surface area contributed by atoms with Crippen LogP contribution in [0.5, 0.6) is 5.88 Å². The SMILES string of the molecule is CN(C)c1cncc(OC2CCN(C(=O)C(O)c3ccccc3)C2)n1. The lowest BCUT2D eigenvalue weighted by Gasteiger charge is -2.20. The summed E-state index contributed by atoms with van der Waals surface area (Å²) in [6.07, 6.45) is 2.63. The number of carbonyl (C=O) groups is 1. The molecule has 2 heterocycles. The van der Waals surface area contributed by atoms with Gasteiger partial charge in [0.15, 0.2) is 11.9 Å². The molecule has 1 aliphatic heterocycles. The van der Waals surface area contributed by atoms with Gasteiger partial charge in [-0.3, -0.25) is 9.78 Å². The van der Waals surface area contributed by atoms with Gasteiger partial charge in [0.1, 0.15) is 6.10 Å². The second-order valence-electron chi connectivity index (χ2n) is 6.24. The molecule has 0 bridgehead atoms. The van der Waals surface area contributed by atoms with Crippen LogP contribution in [0.4, 0.5) is 5.82 Å². The van der Waals surface area contributed by atoms with Gasteiger partial charge in [-0.25, -0.2) is 0 Å². The number of anilines is 1. The third-order valence-electron chi connectivity index (χ3n) is 4.15. The van der Waals surface area contributed by atoms with Crippen LogP contribution in [0.25, 0.3) is 0 Å². The lowest BCUT2D eigenvalue weighted by Crippen LogP contribution is -2.34. The fourth-order valence-corrected chi connectivity index (χ4v) is 2.76. The van der Waals surface area contributed by atoms with Gasteiger partial charge in [0.2, 0.25) is 5.88 Å². The molecule has 7 nitrogen and oxygen atoms in total. The molecule has 1 aromatic carbocycles. The standard InChI is InChI=1S/C18H22N4O3/c1-21(2)15-10-19-11-16(20-15)25-14-8-9-22(12-14)18(24)17(23)13-6-4-3-5-7-13/h3-7,10-11,14,17,23H,8-9,12H2,1-2H3. The Balaban J connectivity index is 1.60. The van der Waals surface area contributed by atoms with E-state index in [1.165, 1.54) is 0 Å². The Hall–Kier alpha value is -2.67. The molecule has 0 saturated carbocycles. The van der Waals surface area contributed by atoms with Crippen LogP contribution in [0.2, 0.25) is 0 Å². The smallest absolute Gasteiger partial charge is 0.256 e. The summed E-state index contributed by atoms with van der Waals surface area (Å²) < 4.78 is 5.86. The highest BCUT2D eigenvalue weighted by molar-refractivity contribution is 5.82. The molecule has 3 rings (SSSR count). The van der Waals surface area contributed by atoms with E-state index in [0.717, 1.165) is 0 Å². The van der Waals surface area contributed by atoms with Gasteiger partial charge < -0.3 is 19.6 Å². The Morgan fingerprint density at radius 1 is 1.32 bits per heavy atom. The number of benzene rings is 1. The molecule has 7 heteroatoms. The van der Waals surface area contributed by atoms with E-state index in [9.17, 15) is 9.90 Å². The summed E-state index contributed by atoms with van der Waals surface area (Å²) in [7, 11) is 3.77. The first-order valence-corrected chi connectivity index (χ1v) is 8.22. The fourth-order valence-electron chi connectivity index (χ4n) is 2.76. The fraction of sp³-hybridized carbons (Fsp3) is 0.389. The maximum atomic E-state index is 12.5. The number of nitrogens with zero attached hydrogens (tertiary/aromatic N) is 4. The normalized spacial score (nSPS) is 18.0. The number of hydrogen-bond donors (Lipinski definition) is 1. The van der Waals surface area contributed by atoms with E-state index < -0.39 is 6.10 Å². The van der Waals surface area contributed by atoms with Crippen molar-refractivity contribution in [2.24, 2.45) is 0 Å². The number of amides is 1. The zero-order chi connectivity index (χ0) is 17.8. The summed E-state index contributed by atoms with van der Waals surface area (Å²) >= 11 is 0. The first kappa shape index (κ1) is 17.2. The van der Waals surface area contributed by atoms with Crippen LogP contribution < -0.4 is 9.64 Å². The van der Waals surface area contributed by atoms with Crippen LogP contribution in [0.1, 0.15) is 18.1 Å². The maximum Gasteiger partial charge on any atom is 0.256 e. The Kier molecular flexibility index (Phi) is 5.14. The van der Waals surface area contributed by atoms with E-state index in [0.29, 0.717) is 36.8 Å². The molecule has 0 aliphatic carbocycles. The van der Waals surface area contributed by atoms with Gasteiger partial charge in [0.05, 0.1) is 18.9 Å². The van der Waals surface area contributed by atoms with Gasteiger partial charge in [-0.15, -0.1) is 0 Å². The molecule has 1 fully saturated rings. The van der Waals surface area contributed by atoms with Gasteiger partial charge in [-0.1, -0.05) is 30.3 Å². The van der Waals surface area contributed by atoms with Crippen molar-refractivity contribution in [1.29, 1.82) is 0 Å². The first-order chi connectivity index (χ1) is 12.0. The molecule has 1 N–H and O–H groups in total. The van der Waals surface area contributed by atoms with Crippen LogP contribution in [0, 0.1) is 0 Å². The van der Waals surface area contributed by atoms with Crippen LogP contribution in [-0.4, -0.2) is 59.2 Å². The molecule has 1 aliphatic rings. The van der Waals surface area contributed by atoms with Gasteiger partial charge >= 0.3 is 0 Å². The minimum Gasteiger partial charge on any atom is -0.471 e. The van der Waals surface area contributed by atoms with Crippen molar-refractivity contribution in [1.82, 2.24) is 14.9 Å². The number of carbonyl (C=O) groups excluding carboxylic acids is 1. The van der Waals surface area contributed by atoms with E-state index in [1.54, 1.807) is 41.6 Å². The third-order valence-corrected chi connectivity index (χ3v) is 4.15. The molecule has 0 radical (unpaired) electrons. The van der Waals surface area contributed by atoms with Crippen LogP contribution in [0.15, 0.2) is 42.7 Å². The van der Waals surface area contributed by atoms with Crippen LogP contribution in [-0.2, 0) is 4.79 Å². The second-order valence-corrected chi connectivity index (χ2v) is 6.24. The highest BCUT2D eigenvalue weighted by Gasteiger charge is 2.32. The molecule has 1 saturated heterocycles. The molecule has 132 valence electrons. The van der Waals surface area contributed by atoms with E-state index in [-0.39, 0.29) is 12.0 Å².